The lowest BCUT2D eigenvalue weighted by atomic mass is 10.1. The molecular weight excluding hydrogens is 318 g/mol. The third-order valence-electron chi connectivity index (χ3n) is 3.74. The van der Waals surface area contributed by atoms with E-state index < -0.39 is 10.0 Å². The van der Waals surface area contributed by atoms with Crippen molar-refractivity contribution in [3.63, 3.8) is 0 Å². The molecule has 0 unspecified atom stereocenters. The molecule has 1 aromatic carbocycles. The van der Waals surface area contributed by atoms with Gasteiger partial charge in [0.15, 0.2) is 0 Å². The number of carbonyl (C=O) groups is 2. The van der Waals surface area contributed by atoms with Crippen molar-refractivity contribution in [2.24, 2.45) is 5.14 Å². The highest BCUT2D eigenvalue weighted by molar-refractivity contribution is 7.89. The number of amides is 2. The Morgan fingerprint density at radius 2 is 1.91 bits per heavy atom. The first-order valence-corrected chi connectivity index (χ1v) is 9.07. The second-order valence-electron chi connectivity index (χ2n) is 5.56. The predicted molar refractivity (Wildman–Crippen MR) is 85.0 cm³/mol. The summed E-state index contributed by atoms with van der Waals surface area (Å²) in [5.41, 5.74) is 0.895. The summed E-state index contributed by atoms with van der Waals surface area (Å²) in [6.45, 7) is 1.17. The lowest BCUT2D eigenvalue weighted by Gasteiger charge is -2.25. The van der Waals surface area contributed by atoms with Crippen molar-refractivity contribution in [1.82, 2.24) is 10.2 Å². The number of sulfonamides is 1. The zero-order valence-electron chi connectivity index (χ0n) is 12.8. The lowest BCUT2D eigenvalue weighted by molar-refractivity contribution is -0.137. The highest BCUT2D eigenvalue weighted by Crippen LogP contribution is 2.10. The van der Waals surface area contributed by atoms with Crippen LogP contribution in [0, 0.1) is 0 Å². The minimum absolute atomic E-state index is 0.0324. The SMILES string of the molecule is NS(=O)(=O)c1ccc(CCNC(=O)CN2CCCCC2=O)cc1. The van der Waals surface area contributed by atoms with E-state index in [1.54, 1.807) is 17.0 Å². The Balaban J connectivity index is 1.76. The average molecular weight is 339 g/mol. The van der Waals surface area contributed by atoms with Gasteiger partial charge in [0.05, 0.1) is 11.4 Å². The Morgan fingerprint density at radius 1 is 1.22 bits per heavy atom. The maximum Gasteiger partial charge on any atom is 0.239 e. The molecule has 2 rings (SSSR count). The maximum absolute atomic E-state index is 11.8. The van der Waals surface area contributed by atoms with Crippen molar-refractivity contribution in [3.8, 4) is 0 Å². The Labute approximate surface area is 135 Å². The molecule has 0 radical (unpaired) electrons. The molecule has 0 aliphatic carbocycles. The summed E-state index contributed by atoms with van der Waals surface area (Å²) in [6, 6.07) is 6.22. The van der Waals surface area contributed by atoms with E-state index in [0.29, 0.717) is 25.9 Å². The van der Waals surface area contributed by atoms with E-state index in [2.05, 4.69) is 5.32 Å². The first-order chi connectivity index (χ1) is 10.9. The van der Waals surface area contributed by atoms with E-state index in [-0.39, 0.29) is 23.3 Å². The minimum atomic E-state index is -3.68. The number of hydrogen-bond donors (Lipinski definition) is 2. The van der Waals surface area contributed by atoms with Crippen LogP contribution in [0.4, 0.5) is 0 Å². The first kappa shape index (κ1) is 17.4. The highest BCUT2D eigenvalue weighted by atomic mass is 32.2. The largest absolute Gasteiger partial charge is 0.354 e. The van der Waals surface area contributed by atoms with Gasteiger partial charge < -0.3 is 10.2 Å². The minimum Gasteiger partial charge on any atom is -0.354 e. The van der Waals surface area contributed by atoms with Gasteiger partial charge >= 0.3 is 0 Å². The van der Waals surface area contributed by atoms with Crippen LogP contribution in [0.25, 0.3) is 0 Å². The Morgan fingerprint density at radius 3 is 2.52 bits per heavy atom. The number of rotatable bonds is 6. The Kier molecular flexibility index (Phi) is 5.73. The molecule has 1 heterocycles. The Bertz CT molecular complexity index is 670. The van der Waals surface area contributed by atoms with Crippen LogP contribution in [0.3, 0.4) is 0 Å². The number of nitrogens with zero attached hydrogens (tertiary/aromatic N) is 1. The van der Waals surface area contributed by atoms with Crippen molar-refractivity contribution in [2.75, 3.05) is 19.6 Å². The van der Waals surface area contributed by atoms with Gasteiger partial charge in [-0.3, -0.25) is 9.59 Å². The summed E-state index contributed by atoms with van der Waals surface area (Å²) >= 11 is 0. The molecule has 8 heteroatoms. The topological polar surface area (TPSA) is 110 Å². The number of nitrogens with two attached hydrogens (primary N) is 1. The Hall–Kier alpha value is -1.93. The maximum atomic E-state index is 11.8. The van der Waals surface area contributed by atoms with Crippen LogP contribution in [0.15, 0.2) is 29.2 Å². The highest BCUT2D eigenvalue weighted by Gasteiger charge is 2.20. The molecule has 126 valence electrons. The van der Waals surface area contributed by atoms with Gasteiger partial charge in [-0.05, 0) is 37.0 Å². The van der Waals surface area contributed by atoms with Crippen molar-refractivity contribution >= 4 is 21.8 Å². The number of primary sulfonamides is 1. The molecule has 0 aromatic heterocycles. The van der Waals surface area contributed by atoms with Gasteiger partial charge in [0.25, 0.3) is 0 Å². The van der Waals surface area contributed by atoms with Crippen molar-refractivity contribution in [1.29, 1.82) is 0 Å². The third-order valence-corrected chi connectivity index (χ3v) is 4.67. The summed E-state index contributed by atoms with van der Waals surface area (Å²) in [5, 5.41) is 7.80. The molecule has 3 N–H and O–H groups in total. The van der Waals surface area contributed by atoms with Crippen molar-refractivity contribution in [2.45, 2.75) is 30.6 Å². The third kappa shape index (κ3) is 5.33. The lowest BCUT2D eigenvalue weighted by Crippen LogP contribution is -2.43. The van der Waals surface area contributed by atoms with E-state index in [4.69, 9.17) is 5.14 Å². The number of hydrogen-bond acceptors (Lipinski definition) is 4. The number of carbonyl (C=O) groups excluding carboxylic acids is 2. The van der Waals surface area contributed by atoms with E-state index in [9.17, 15) is 18.0 Å². The van der Waals surface area contributed by atoms with Crippen LogP contribution in [0.5, 0.6) is 0 Å². The van der Waals surface area contributed by atoms with Gasteiger partial charge in [-0.2, -0.15) is 0 Å². The molecule has 1 aliphatic heterocycles. The van der Waals surface area contributed by atoms with E-state index in [1.807, 2.05) is 0 Å². The molecular formula is C15H21N3O4S. The zero-order valence-corrected chi connectivity index (χ0v) is 13.6. The first-order valence-electron chi connectivity index (χ1n) is 7.52. The van der Waals surface area contributed by atoms with Crippen LogP contribution in [0.2, 0.25) is 0 Å². The van der Waals surface area contributed by atoms with Crippen molar-refractivity contribution < 1.29 is 18.0 Å². The molecule has 0 bridgehead atoms. The monoisotopic (exact) mass is 339 g/mol. The number of likely N-dealkylation sites (tertiary alicyclic amines) is 1. The smallest absolute Gasteiger partial charge is 0.239 e. The van der Waals surface area contributed by atoms with E-state index in [1.165, 1.54) is 12.1 Å². The standard InChI is InChI=1S/C15H21N3O4S/c16-23(21,22)13-6-4-12(5-7-13)8-9-17-14(19)11-18-10-2-1-3-15(18)20/h4-7H,1-3,8-11H2,(H,17,19)(H2,16,21,22). The second-order valence-corrected chi connectivity index (χ2v) is 7.12. The molecule has 1 fully saturated rings. The fourth-order valence-corrected chi connectivity index (χ4v) is 2.97. The van der Waals surface area contributed by atoms with Crippen LogP contribution in [-0.4, -0.2) is 44.8 Å². The summed E-state index contributed by atoms with van der Waals surface area (Å²) in [5.74, 6) is -0.147. The quantitative estimate of drug-likeness (QED) is 0.760. The molecule has 1 aliphatic rings. The molecule has 0 saturated carbocycles. The fraction of sp³-hybridized carbons (Fsp3) is 0.467. The average Bonchev–Trinajstić information content (AvgIpc) is 2.49. The van der Waals surface area contributed by atoms with E-state index >= 15 is 0 Å². The predicted octanol–water partition coefficient (Wildman–Crippen LogP) is 0.00520. The normalized spacial score (nSPS) is 15.5. The van der Waals surface area contributed by atoms with Gasteiger partial charge in [0.1, 0.15) is 0 Å². The van der Waals surface area contributed by atoms with Gasteiger partial charge in [-0.1, -0.05) is 12.1 Å². The molecule has 0 spiro atoms. The summed E-state index contributed by atoms with van der Waals surface area (Å²) in [7, 11) is -3.68. The molecule has 23 heavy (non-hydrogen) atoms. The number of piperidine rings is 1. The van der Waals surface area contributed by atoms with Crippen LogP contribution in [0.1, 0.15) is 24.8 Å². The fourth-order valence-electron chi connectivity index (χ4n) is 2.45. The summed E-state index contributed by atoms with van der Waals surface area (Å²) in [4.78, 5) is 25.1. The summed E-state index contributed by atoms with van der Waals surface area (Å²) < 4.78 is 22.3. The molecule has 2 amide bonds. The van der Waals surface area contributed by atoms with Crippen LogP contribution >= 0.6 is 0 Å². The molecule has 1 saturated heterocycles. The van der Waals surface area contributed by atoms with Crippen LogP contribution < -0.4 is 10.5 Å². The van der Waals surface area contributed by atoms with Gasteiger partial charge in [-0.15, -0.1) is 0 Å². The molecule has 1 aromatic rings. The van der Waals surface area contributed by atoms with Crippen molar-refractivity contribution in [3.05, 3.63) is 29.8 Å². The van der Waals surface area contributed by atoms with Crippen LogP contribution in [-0.2, 0) is 26.0 Å². The number of nitrogens with one attached hydrogen (secondary N) is 1. The van der Waals surface area contributed by atoms with Gasteiger partial charge in [0.2, 0.25) is 21.8 Å². The van der Waals surface area contributed by atoms with Gasteiger partial charge in [-0.25, -0.2) is 13.6 Å². The molecule has 7 nitrogen and oxygen atoms in total. The van der Waals surface area contributed by atoms with E-state index in [0.717, 1.165) is 18.4 Å². The van der Waals surface area contributed by atoms with Gasteiger partial charge in [0, 0.05) is 19.5 Å². The molecule has 0 atom stereocenters. The summed E-state index contributed by atoms with van der Waals surface area (Å²) in [6.07, 6.45) is 2.93. The zero-order chi connectivity index (χ0) is 16.9. The second kappa shape index (κ2) is 7.56. The number of benzene rings is 1.